The van der Waals surface area contributed by atoms with Crippen LogP contribution in [0.4, 0.5) is 0 Å². The van der Waals surface area contributed by atoms with Crippen LogP contribution in [0, 0.1) is 275 Å². The van der Waals surface area contributed by atoms with Crippen molar-refractivity contribution in [3.63, 3.8) is 0 Å². The maximum absolute atomic E-state index is 2.63. The van der Waals surface area contributed by atoms with Gasteiger partial charge in [-0.05, 0) is 371 Å². The number of hydrogen-bond donors (Lipinski definition) is 0. The highest BCUT2D eigenvalue weighted by atomic mass is 14.8. The second kappa shape index (κ2) is 25.3. The molecule has 0 heterocycles. The third-order valence-corrected chi connectivity index (χ3v) is 39.8. The molecule has 0 amide bonds. The molecule has 99 heavy (non-hydrogen) atoms. The Morgan fingerprint density at radius 2 is 0.727 bits per heavy atom. The van der Waals surface area contributed by atoms with Crippen molar-refractivity contribution < 1.29 is 0 Å². The summed E-state index contributed by atoms with van der Waals surface area (Å²) in [6.45, 7) is 42.8. The summed E-state index contributed by atoms with van der Waals surface area (Å²) in [4.78, 5) is 0. The molecule has 0 N–H and O–H groups in total. The Balaban J connectivity index is 0.000000106. The van der Waals surface area contributed by atoms with E-state index in [-0.39, 0.29) is 44.6 Å². The number of fused-ring (bicyclic) bond motifs is 54. The summed E-state index contributed by atoms with van der Waals surface area (Å²) in [5, 5.41) is 0. The maximum Gasteiger partial charge on any atom is -0.0107 e. The lowest BCUT2D eigenvalue weighted by Crippen LogP contribution is -2.38. The van der Waals surface area contributed by atoms with Crippen LogP contribution in [0.3, 0.4) is 0 Å². The molecule has 0 radical (unpaired) electrons. The van der Waals surface area contributed by atoms with Crippen LogP contribution >= 0.6 is 0 Å². The highest BCUT2D eigenvalue weighted by Gasteiger charge is 2.73. The molecule has 24 rings (SSSR count). The van der Waals surface area contributed by atoms with Gasteiger partial charge in [-0.2, -0.15) is 0 Å². The van der Waals surface area contributed by atoms with Crippen molar-refractivity contribution in [2.24, 2.45) is 275 Å². The quantitative estimate of drug-likeness (QED) is 0.194. The van der Waals surface area contributed by atoms with Gasteiger partial charge >= 0.3 is 0 Å². The maximum atomic E-state index is 2.63. The number of allylic oxidation sites excluding steroid dienone is 12. The predicted molar refractivity (Wildman–Crippen MR) is 428 cm³/mol. The monoisotopic (exact) mass is 1350 g/mol. The molecule has 558 valence electrons. The molecular weight excluding hydrogens is 1190 g/mol. The van der Waals surface area contributed by atoms with Crippen LogP contribution in [0.1, 0.15) is 271 Å². The molecule has 0 nitrogen and oxygen atoms in total. The van der Waals surface area contributed by atoms with Gasteiger partial charge in [0.05, 0.1) is 0 Å². The summed E-state index contributed by atoms with van der Waals surface area (Å²) in [6.07, 6.45) is 56.5. The molecule has 0 heteroatoms. The van der Waals surface area contributed by atoms with E-state index in [4.69, 9.17) is 0 Å². The average Bonchev–Trinajstić information content (AvgIpc) is 1.56. The Bertz CT molecular complexity index is 3110. The van der Waals surface area contributed by atoms with E-state index in [0.29, 0.717) is 32.5 Å². The van der Waals surface area contributed by atoms with Crippen molar-refractivity contribution in [2.45, 2.75) is 271 Å². The Morgan fingerprint density at radius 1 is 0.313 bits per heavy atom. The smallest absolute Gasteiger partial charge is 0.0107 e. The first-order chi connectivity index (χ1) is 44.3. The molecule has 0 aliphatic heterocycles. The van der Waals surface area contributed by atoms with Crippen LogP contribution in [-0.4, -0.2) is 0 Å². The van der Waals surface area contributed by atoms with Crippen LogP contribution in [0.2, 0.25) is 0 Å². The van der Waals surface area contributed by atoms with Crippen LogP contribution in [0.25, 0.3) is 0 Å². The molecule has 44 unspecified atom stereocenters. The van der Waals surface area contributed by atoms with Gasteiger partial charge in [-0.1, -0.05) is 248 Å². The average molecular weight is 1350 g/mol. The van der Waals surface area contributed by atoms with Gasteiger partial charge in [0.25, 0.3) is 0 Å². The number of rotatable bonds is 4. The van der Waals surface area contributed by atoms with E-state index >= 15 is 0 Å². The molecule has 18 saturated carbocycles. The Labute approximate surface area is 615 Å². The molecular formula is C99H162. The van der Waals surface area contributed by atoms with E-state index in [2.05, 4.69) is 191 Å². The van der Waals surface area contributed by atoms with E-state index in [9.17, 15) is 0 Å². The topological polar surface area (TPSA) is 0 Å². The van der Waals surface area contributed by atoms with Crippen molar-refractivity contribution in [3.8, 4) is 0 Å². The van der Waals surface area contributed by atoms with Gasteiger partial charge in [0.15, 0.2) is 0 Å². The molecule has 24 bridgehead atoms. The van der Waals surface area contributed by atoms with Crippen molar-refractivity contribution in [2.75, 3.05) is 0 Å². The molecule has 0 aromatic rings. The summed E-state index contributed by atoms with van der Waals surface area (Å²) in [5.74, 6) is 42.5. The first-order valence-electron chi connectivity index (χ1n) is 42.5. The fraction of sp³-hybridized carbons (Fsp3) is 0.879. The zero-order chi connectivity index (χ0) is 64.2. The lowest BCUT2D eigenvalue weighted by molar-refractivity contribution is 0.0628. The zero-order valence-corrected chi connectivity index (χ0v) is 62.6. The van der Waals surface area contributed by atoms with Crippen LogP contribution in [-0.2, 0) is 0 Å². The fourth-order valence-corrected chi connectivity index (χ4v) is 38.0. The Hall–Kier alpha value is -1.56. The minimum Gasteiger partial charge on any atom is -0.0848 e. The zero-order valence-electron chi connectivity index (χ0n) is 62.6. The SMILES string of the molecule is C.C.C.C.C.C.CC(C)CC1CC2(C)CC1C1C2C2C=CC1(C)C2.CC1C2C=CC1C1C3CCC(C3C)C21.CC1CC2(C)CC1C1C2C2C=CC1(C)C2.CC1CC2C(C)C1C1C3C=CC(C3C)C21.CCC1C(C)C2CC1C1C3C=CC(C3)C21.CCC1CC2(C)CC1C1C2C2C=CC1(C)C2. The normalized spacial score (nSPS) is 61.8. The van der Waals surface area contributed by atoms with Crippen molar-refractivity contribution in [3.05, 3.63) is 72.9 Å². The molecule has 44 atom stereocenters. The molecule has 24 aliphatic carbocycles. The third kappa shape index (κ3) is 9.99. The minimum atomic E-state index is 0. The molecule has 0 spiro atoms. The van der Waals surface area contributed by atoms with Crippen LogP contribution in [0.5, 0.6) is 0 Å². The lowest BCUT2D eigenvalue weighted by Gasteiger charge is -2.44. The second-order valence-electron chi connectivity index (χ2n) is 43.8. The predicted octanol–water partition coefficient (Wildman–Crippen LogP) is 27.6. The van der Waals surface area contributed by atoms with E-state index in [1.807, 2.05) is 0 Å². The first-order valence-corrected chi connectivity index (χ1v) is 42.5. The second-order valence-corrected chi connectivity index (χ2v) is 43.8. The number of hydrogen-bond acceptors (Lipinski definition) is 0. The summed E-state index contributed by atoms with van der Waals surface area (Å²) in [7, 11) is 0. The van der Waals surface area contributed by atoms with Crippen LogP contribution < -0.4 is 0 Å². The summed E-state index contributed by atoms with van der Waals surface area (Å²) in [6, 6.07) is 0. The van der Waals surface area contributed by atoms with Gasteiger partial charge in [-0.3, -0.25) is 0 Å². The fourth-order valence-electron chi connectivity index (χ4n) is 38.0. The summed E-state index contributed by atoms with van der Waals surface area (Å²) in [5.41, 5.74) is 3.87. The molecule has 18 fully saturated rings. The molecule has 0 aromatic carbocycles. The summed E-state index contributed by atoms with van der Waals surface area (Å²) < 4.78 is 0. The lowest BCUT2D eigenvalue weighted by atomic mass is 9.60. The van der Waals surface area contributed by atoms with Crippen LogP contribution in [0.15, 0.2) is 72.9 Å². The van der Waals surface area contributed by atoms with Gasteiger partial charge < -0.3 is 0 Å². The molecule has 0 saturated heterocycles. The highest BCUT2D eigenvalue weighted by Crippen LogP contribution is 2.80. The van der Waals surface area contributed by atoms with E-state index in [0.717, 1.165) is 243 Å². The Morgan fingerprint density at radius 3 is 1.20 bits per heavy atom. The van der Waals surface area contributed by atoms with E-state index < -0.39 is 0 Å². The third-order valence-electron chi connectivity index (χ3n) is 39.8. The molecule has 24 aliphatic rings. The van der Waals surface area contributed by atoms with E-state index in [1.54, 1.807) is 32.1 Å². The largest absolute Gasteiger partial charge is 0.0848 e. The minimum absolute atomic E-state index is 0. The van der Waals surface area contributed by atoms with Gasteiger partial charge in [0.1, 0.15) is 0 Å². The standard InChI is InChI=1S/C18H28.C16H24.3C15H22.C14H20.6CH4/c1-11(2)7-13-9-18(4)10-14(13)16-15(18)12-5-6-17(16,3)8-12;1-4-10-7-16(3)9-12(10)14-13(16)11-5-6-15(14,2)8-11;1-9-6-15(3)8-11(9)13-12(15)10-4-5-14(13,2)7-10;1-7-6-12-9(3)13(7)15-11-5-4-10(8(11)2)14(12)15;1-3-11-8(2)12-7-13(11)15-10-5-4-9(6-10)14(12)15;1-7-9-3-4-10(7)14-12-6-5-11(8(12)2)13(9)14;;;;;;/h5-6,11-16H,7-10H2,1-4H3;5-6,10-14H,4,7-9H2,1-3H3;4-5,9-13H,6-8H2,1-3H3;4-5,7-15H,6H2,1-3H3;4-5,8-15H,3,6-7H2,1-2H3;3-4,7-14H,5-6H2,1-2H3;6*1H4. The highest BCUT2D eigenvalue weighted by molar-refractivity contribution is 5.32. The Kier molecular flexibility index (Phi) is 19.3. The van der Waals surface area contributed by atoms with Crippen molar-refractivity contribution in [1.82, 2.24) is 0 Å². The summed E-state index contributed by atoms with van der Waals surface area (Å²) >= 11 is 0. The van der Waals surface area contributed by atoms with Crippen molar-refractivity contribution >= 4 is 0 Å². The first kappa shape index (κ1) is 75.7. The molecule has 0 aromatic heterocycles. The van der Waals surface area contributed by atoms with Gasteiger partial charge in [0, 0.05) is 0 Å². The van der Waals surface area contributed by atoms with Crippen molar-refractivity contribution in [1.29, 1.82) is 0 Å². The van der Waals surface area contributed by atoms with Gasteiger partial charge in [-0.25, -0.2) is 0 Å². The van der Waals surface area contributed by atoms with Gasteiger partial charge in [-0.15, -0.1) is 0 Å². The van der Waals surface area contributed by atoms with E-state index in [1.165, 1.54) is 77.0 Å². The van der Waals surface area contributed by atoms with Gasteiger partial charge in [0.2, 0.25) is 0 Å².